The van der Waals surface area contributed by atoms with Gasteiger partial charge >= 0.3 is 11.7 Å². The second-order valence-electron chi connectivity index (χ2n) is 5.42. The molecule has 0 aliphatic rings. The van der Waals surface area contributed by atoms with Gasteiger partial charge in [0.15, 0.2) is 11.9 Å². The molecule has 1 atom stereocenters. The summed E-state index contributed by atoms with van der Waals surface area (Å²) < 4.78 is 10.0. The molecular weight excluding hydrogens is 340 g/mol. The number of amides is 1. The smallest absolute Gasteiger partial charge is 0.339 e. The van der Waals surface area contributed by atoms with E-state index in [0.717, 1.165) is 6.07 Å². The van der Waals surface area contributed by atoms with Crippen LogP contribution in [-0.2, 0) is 9.53 Å². The zero-order valence-electron chi connectivity index (χ0n) is 14.5. The van der Waals surface area contributed by atoms with Crippen LogP contribution in [0, 0.1) is 10.1 Å². The van der Waals surface area contributed by atoms with Crippen LogP contribution in [0.4, 0.5) is 11.4 Å². The number of nitro groups is 1. The van der Waals surface area contributed by atoms with Gasteiger partial charge in [-0.3, -0.25) is 14.9 Å². The van der Waals surface area contributed by atoms with Crippen molar-refractivity contribution in [1.29, 1.82) is 0 Å². The van der Waals surface area contributed by atoms with E-state index in [1.807, 2.05) is 6.07 Å². The quantitative estimate of drug-likeness (QED) is 0.447. The average molecular weight is 358 g/mol. The largest absolute Gasteiger partial charge is 0.490 e. The molecular formula is C18H18N2O6. The summed E-state index contributed by atoms with van der Waals surface area (Å²) in [6.45, 7) is 1.44. The molecule has 136 valence electrons. The minimum atomic E-state index is -1.06. The number of anilines is 1. The predicted molar refractivity (Wildman–Crippen MR) is 94.4 cm³/mol. The van der Waals surface area contributed by atoms with Crippen LogP contribution in [0.15, 0.2) is 48.5 Å². The molecule has 8 heteroatoms. The fraction of sp³-hybridized carbons (Fsp3) is 0.222. The first kappa shape index (κ1) is 18.9. The fourth-order valence-electron chi connectivity index (χ4n) is 2.29. The lowest BCUT2D eigenvalue weighted by Crippen LogP contribution is -2.37. The molecule has 2 rings (SSSR count). The molecule has 0 bridgehead atoms. The maximum absolute atomic E-state index is 12.4. The Hall–Kier alpha value is -3.42. The molecule has 0 saturated carbocycles. The van der Waals surface area contributed by atoms with E-state index >= 15 is 0 Å². The Balaban J connectivity index is 2.12. The Labute approximate surface area is 150 Å². The summed E-state index contributed by atoms with van der Waals surface area (Å²) in [6.07, 6.45) is -1.06. The first-order valence-electron chi connectivity index (χ1n) is 7.71. The molecule has 1 unspecified atom stereocenters. The molecule has 2 aromatic carbocycles. The molecule has 0 saturated heterocycles. The van der Waals surface area contributed by atoms with E-state index in [1.54, 1.807) is 31.3 Å². The number of nitro benzene ring substituents is 1. The number of ether oxygens (including phenoxy) is 2. The molecule has 26 heavy (non-hydrogen) atoms. The highest BCUT2D eigenvalue weighted by Gasteiger charge is 2.25. The standard InChI is InChI=1S/C18H18N2O6/c1-12(17(21)19(2)14-7-5-4-6-8-14)26-18(22)13-9-10-16(25-3)15(11-13)20(23)24/h4-12H,1-3H3. The third-order valence-corrected chi connectivity index (χ3v) is 3.72. The number of nitrogens with zero attached hydrogens (tertiary/aromatic N) is 2. The van der Waals surface area contributed by atoms with Crippen molar-refractivity contribution in [3.63, 3.8) is 0 Å². The van der Waals surface area contributed by atoms with E-state index in [2.05, 4.69) is 0 Å². The number of likely N-dealkylation sites (N-methyl/N-ethyl adjacent to an activating group) is 1. The number of methoxy groups -OCH3 is 1. The average Bonchev–Trinajstić information content (AvgIpc) is 2.66. The molecule has 8 nitrogen and oxygen atoms in total. The zero-order chi connectivity index (χ0) is 19.3. The van der Waals surface area contributed by atoms with Gasteiger partial charge in [0.25, 0.3) is 5.91 Å². The number of rotatable bonds is 6. The molecule has 0 fully saturated rings. The number of hydrogen-bond donors (Lipinski definition) is 0. The van der Waals surface area contributed by atoms with Crippen molar-refractivity contribution in [3.8, 4) is 5.75 Å². The molecule has 0 radical (unpaired) electrons. The topological polar surface area (TPSA) is 99.0 Å². The van der Waals surface area contributed by atoms with Gasteiger partial charge < -0.3 is 14.4 Å². The molecule has 0 N–H and O–H groups in total. The number of benzene rings is 2. The van der Waals surface area contributed by atoms with Crippen molar-refractivity contribution in [2.45, 2.75) is 13.0 Å². The van der Waals surface area contributed by atoms with Crippen molar-refractivity contribution in [2.75, 3.05) is 19.1 Å². The van der Waals surface area contributed by atoms with Crippen LogP contribution in [-0.4, -0.2) is 37.1 Å². The van der Waals surface area contributed by atoms with Gasteiger partial charge in [-0.05, 0) is 31.2 Å². The van der Waals surface area contributed by atoms with E-state index in [9.17, 15) is 19.7 Å². The van der Waals surface area contributed by atoms with Crippen molar-refractivity contribution in [1.82, 2.24) is 0 Å². The lowest BCUT2D eigenvalue weighted by atomic mass is 10.2. The Kier molecular flexibility index (Phi) is 5.90. The molecule has 2 aromatic rings. The number of hydrogen-bond acceptors (Lipinski definition) is 6. The van der Waals surface area contributed by atoms with E-state index in [1.165, 1.54) is 31.1 Å². The van der Waals surface area contributed by atoms with Crippen LogP contribution in [0.25, 0.3) is 0 Å². The highest BCUT2D eigenvalue weighted by atomic mass is 16.6. The molecule has 1 amide bonds. The van der Waals surface area contributed by atoms with Crippen molar-refractivity contribution in [2.24, 2.45) is 0 Å². The van der Waals surface area contributed by atoms with E-state index in [-0.39, 0.29) is 17.0 Å². The molecule has 0 heterocycles. The van der Waals surface area contributed by atoms with Gasteiger partial charge in [-0.25, -0.2) is 4.79 Å². The van der Waals surface area contributed by atoms with Crippen LogP contribution in [0.3, 0.4) is 0 Å². The second kappa shape index (κ2) is 8.11. The van der Waals surface area contributed by atoms with Crippen LogP contribution in [0.2, 0.25) is 0 Å². The third-order valence-electron chi connectivity index (χ3n) is 3.72. The summed E-state index contributed by atoms with van der Waals surface area (Å²) in [5, 5.41) is 11.0. The van der Waals surface area contributed by atoms with Gasteiger partial charge in [-0.1, -0.05) is 18.2 Å². The van der Waals surface area contributed by atoms with Crippen LogP contribution in [0.1, 0.15) is 17.3 Å². The van der Waals surface area contributed by atoms with Crippen molar-refractivity contribution in [3.05, 3.63) is 64.2 Å². The van der Waals surface area contributed by atoms with Gasteiger partial charge in [0, 0.05) is 18.8 Å². The first-order chi connectivity index (χ1) is 12.3. The first-order valence-corrected chi connectivity index (χ1v) is 7.71. The van der Waals surface area contributed by atoms with Crippen molar-refractivity contribution < 1.29 is 24.0 Å². The highest BCUT2D eigenvalue weighted by Crippen LogP contribution is 2.28. The van der Waals surface area contributed by atoms with Gasteiger partial charge in [-0.15, -0.1) is 0 Å². The van der Waals surface area contributed by atoms with E-state index < -0.39 is 22.9 Å². The van der Waals surface area contributed by atoms with Gasteiger partial charge in [0.05, 0.1) is 17.6 Å². The van der Waals surface area contributed by atoms with Crippen LogP contribution >= 0.6 is 0 Å². The third kappa shape index (κ3) is 4.15. The molecule has 0 aliphatic heterocycles. The fourth-order valence-corrected chi connectivity index (χ4v) is 2.29. The van der Waals surface area contributed by atoms with E-state index in [0.29, 0.717) is 5.69 Å². The molecule has 0 spiro atoms. The molecule has 0 aromatic heterocycles. The predicted octanol–water partition coefficient (Wildman–Crippen LogP) is 2.81. The lowest BCUT2D eigenvalue weighted by Gasteiger charge is -2.21. The van der Waals surface area contributed by atoms with E-state index in [4.69, 9.17) is 9.47 Å². The Morgan fingerprint density at radius 3 is 2.38 bits per heavy atom. The summed E-state index contributed by atoms with van der Waals surface area (Å²) in [5.41, 5.74) is 0.252. The van der Waals surface area contributed by atoms with Gasteiger partial charge in [-0.2, -0.15) is 0 Å². The highest BCUT2D eigenvalue weighted by molar-refractivity contribution is 5.98. The molecule has 0 aliphatic carbocycles. The maximum atomic E-state index is 12.4. The summed E-state index contributed by atoms with van der Waals surface area (Å²) in [4.78, 5) is 36.4. The second-order valence-corrected chi connectivity index (χ2v) is 5.42. The minimum Gasteiger partial charge on any atom is -0.490 e. The van der Waals surface area contributed by atoms with Gasteiger partial charge in [0.2, 0.25) is 0 Å². The maximum Gasteiger partial charge on any atom is 0.339 e. The number of esters is 1. The number of carbonyl (C=O) groups excluding carboxylic acids is 2. The SMILES string of the molecule is COc1ccc(C(=O)OC(C)C(=O)N(C)c2ccccc2)cc1[N+](=O)[O-]. The van der Waals surface area contributed by atoms with Crippen LogP contribution < -0.4 is 9.64 Å². The van der Waals surface area contributed by atoms with Crippen molar-refractivity contribution >= 4 is 23.3 Å². The zero-order valence-corrected chi connectivity index (χ0v) is 14.5. The Bertz CT molecular complexity index is 822. The monoisotopic (exact) mass is 358 g/mol. The normalized spacial score (nSPS) is 11.3. The summed E-state index contributed by atoms with van der Waals surface area (Å²) in [5.74, 6) is -1.23. The minimum absolute atomic E-state index is 0.0273. The summed E-state index contributed by atoms with van der Waals surface area (Å²) in [7, 11) is 2.86. The summed E-state index contributed by atoms with van der Waals surface area (Å²) >= 11 is 0. The van der Waals surface area contributed by atoms with Crippen LogP contribution in [0.5, 0.6) is 5.75 Å². The lowest BCUT2D eigenvalue weighted by molar-refractivity contribution is -0.385. The Morgan fingerprint density at radius 1 is 1.15 bits per heavy atom. The van der Waals surface area contributed by atoms with Gasteiger partial charge in [0.1, 0.15) is 0 Å². The Morgan fingerprint density at radius 2 is 1.81 bits per heavy atom. The number of para-hydroxylation sites is 1. The number of carbonyl (C=O) groups is 2. The summed E-state index contributed by atoms with van der Waals surface area (Å²) in [6, 6.07) is 12.6.